The van der Waals surface area contributed by atoms with Crippen molar-refractivity contribution in [3.63, 3.8) is 0 Å². The largest absolute Gasteiger partial charge is 0.435 e. The number of nitrogens with one attached hydrogen (secondary N) is 1. The van der Waals surface area contributed by atoms with Gasteiger partial charge in [-0.15, -0.1) is 5.10 Å². The fourth-order valence-electron chi connectivity index (χ4n) is 4.37. The molecule has 1 aromatic carbocycles. The maximum atomic E-state index is 15.0. The molecule has 0 spiro atoms. The Kier molecular flexibility index (Phi) is 7.06. The second-order valence-electron chi connectivity index (χ2n) is 10.0. The van der Waals surface area contributed by atoms with E-state index in [4.69, 9.17) is 9.15 Å². The van der Waals surface area contributed by atoms with Crippen molar-refractivity contribution in [2.75, 3.05) is 36.5 Å². The second-order valence-corrected chi connectivity index (χ2v) is 10.0. The van der Waals surface area contributed by atoms with E-state index in [1.807, 2.05) is 19.1 Å². The van der Waals surface area contributed by atoms with Crippen LogP contribution >= 0.6 is 0 Å². The van der Waals surface area contributed by atoms with E-state index in [0.29, 0.717) is 55.3 Å². The van der Waals surface area contributed by atoms with Crippen molar-refractivity contribution in [3.05, 3.63) is 59.3 Å². The molecule has 1 N–H and O–H groups in total. The van der Waals surface area contributed by atoms with Gasteiger partial charge in [-0.2, -0.15) is 4.52 Å². The minimum absolute atomic E-state index is 0.0878. The molecule has 0 bridgehead atoms. The number of aromatic nitrogens is 4. The standard InChI is InChI=1S/C27H29F3N6O3/c1-5-21-33-22-11-16(12-23(36(22)34-21)35-6-8-38-9-7-35)17-13-19(18(28)10-15(17)2)32-24(37)20-14-31-26(39-20)27(3,4)25(29)30/h10-14,25H,5-9H2,1-4H3,(H,32,37). The average Bonchev–Trinajstić information content (AvgIpc) is 3.58. The van der Waals surface area contributed by atoms with Crippen molar-refractivity contribution < 1.29 is 27.1 Å². The van der Waals surface area contributed by atoms with Gasteiger partial charge >= 0.3 is 0 Å². The summed E-state index contributed by atoms with van der Waals surface area (Å²) in [5.74, 6) is -0.497. The molecule has 5 rings (SSSR count). The molecule has 1 aliphatic rings. The van der Waals surface area contributed by atoms with Crippen molar-refractivity contribution >= 4 is 23.1 Å². The smallest absolute Gasteiger partial charge is 0.293 e. The SMILES string of the molecule is CCc1nc2cc(-c3cc(NC(=O)c4cnc(C(C)(C)C(F)F)o4)c(F)cc3C)cc(N3CCOCC3)n2n1. The quantitative estimate of drug-likeness (QED) is 0.350. The topological polar surface area (TPSA) is 97.8 Å². The zero-order chi connectivity index (χ0) is 27.9. The minimum Gasteiger partial charge on any atom is -0.435 e. The van der Waals surface area contributed by atoms with Crippen molar-refractivity contribution in [1.82, 2.24) is 19.6 Å². The number of amides is 1. The van der Waals surface area contributed by atoms with Gasteiger partial charge in [0, 0.05) is 19.5 Å². The summed E-state index contributed by atoms with van der Waals surface area (Å²) in [5.41, 5.74) is 0.983. The van der Waals surface area contributed by atoms with Crippen LogP contribution in [0.4, 0.5) is 24.7 Å². The predicted octanol–water partition coefficient (Wildman–Crippen LogP) is 5.03. The number of pyridine rings is 1. The Balaban J connectivity index is 1.51. The zero-order valence-corrected chi connectivity index (χ0v) is 22.1. The van der Waals surface area contributed by atoms with Crippen LogP contribution in [-0.2, 0) is 16.6 Å². The molecule has 0 saturated carbocycles. The lowest BCUT2D eigenvalue weighted by atomic mass is 9.94. The van der Waals surface area contributed by atoms with E-state index in [0.717, 1.165) is 17.6 Å². The number of rotatable bonds is 7. The normalized spacial score (nSPS) is 14.4. The molecule has 3 aromatic heterocycles. The van der Waals surface area contributed by atoms with Gasteiger partial charge in [-0.05, 0) is 61.7 Å². The number of morpholine rings is 1. The van der Waals surface area contributed by atoms with E-state index < -0.39 is 23.6 Å². The molecule has 4 heterocycles. The Morgan fingerprint density at radius 1 is 1.18 bits per heavy atom. The van der Waals surface area contributed by atoms with E-state index in [-0.39, 0.29) is 17.3 Å². The lowest BCUT2D eigenvalue weighted by molar-refractivity contribution is 0.0531. The van der Waals surface area contributed by atoms with E-state index in [1.54, 1.807) is 11.4 Å². The summed E-state index contributed by atoms with van der Waals surface area (Å²) in [7, 11) is 0. The number of alkyl halides is 2. The van der Waals surface area contributed by atoms with Crippen LogP contribution in [0.25, 0.3) is 16.8 Å². The van der Waals surface area contributed by atoms with Crippen molar-refractivity contribution in [2.45, 2.75) is 46.0 Å². The minimum atomic E-state index is -2.75. The number of hydrogen-bond acceptors (Lipinski definition) is 7. The zero-order valence-electron chi connectivity index (χ0n) is 22.1. The van der Waals surface area contributed by atoms with Crippen molar-refractivity contribution in [3.8, 4) is 11.1 Å². The van der Waals surface area contributed by atoms with Gasteiger partial charge in [-0.25, -0.2) is 23.1 Å². The van der Waals surface area contributed by atoms with Crippen LogP contribution in [-0.4, -0.2) is 58.2 Å². The van der Waals surface area contributed by atoms with Crippen molar-refractivity contribution in [2.24, 2.45) is 0 Å². The predicted molar refractivity (Wildman–Crippen MR) is 139 cm³/mol. The number of fused-ring (bicyclic) bond motifs is 1. The fraction of sp³-hybridized carbons (Fsp3) is 0.407. The summed E-state index contributed by atoms with van der Waals surface area (Å²) < 4.78 is 54.3. The van der Waals surface area contributed by atoms with Gasteiger partial charge in [0.25, 0.3) is 12.3 Å². The van der Waals surface area contributed by atoms with Gasteiger partial charge in [0.1, 0.15) is 17.1 Å². The summed E-state index contributed by atoms with van der Waals surface area (Å²) in [6.07, 6.45) is -1.02. The van der Waals surface area contributed by atoms with Crippen molar-refractivity contribution in [1.29, 1.82) is 0 Å². The van der Waals surface area contributed by atoms with Gasteiger partial charge in [0.2, 0.25) is 11.7 Å². The lowest BCUT2D eigenvalue weighted by Crippen LogP contribution is -2.37. The summed E-state index contributed by atoms with van der Waals surface area (Å²) in [6.45, 7) is 8.83. The Morgan fingerprint density at radius 3 is 2.62 bits per heavy atom. The first-order chi connectivity index (χ1) is 18.6. The molecule has 1 amide bonds. The number of nitrogens with zero attached hydrogens (tertiary/aromatic N) is 5. The molecule has 0 aliphatic carbocycles. The van der Waals surface area contributed by atoms with E-state index in [1.165, 1.54) is 26.0 Å². The molecule has 0 radical (unpaired) electrons. The first-order valence-electron chi connectivity index (χ1n) is 12.7. The first-order valence-corrected chi connectivity index (χ1v) is 12.7. The van der Waals surface area contributed by atoms with Gasteiger partial charge in [-0.1, -0.05) is 6.92 Å². The van der Waals surface area contributed by atoms with Crippen LogP contribution in [0.15, 0.2) is 34.9 Å². The van der Waals surface area contributed by atoms with E-state index >= 15 is 0 Å². The van der Waals surface area contributed by atoms with Gasteiger partial charge in [0.05, 0.1) is 25.1 Å². The Bertz CT molecular complexity index is 1520. The Hall–Kier alpha value is -3.93. The monoisotopic (exact) mass is 542 g/mol. The fourth-order valence-corrected chi connectivity index (χ4v) is 4.37. The molecule has 0 atom stereocenters. The highest BCUT2D eigenvalue weighted by Crippen LogP contribution is 2.34. The van der Waals surface area contributed by atoms with Crippen LogP contribution < -0.4 is 10.2 Å². The third kappa shape index (κ3) is 5.08. The first kappa shape index (κ1) is 26.7. The van der Waals surface area contributed by atoms with Gasteiger partial charge < -0.3 is 19.4 Å². The van der Waals surface area contributed by atoms with Crippen LogP contribution in [0.1, 0.15) is 48.6 Å². The molecular weight excluding hydrogens is 513 g/mol. The molecule has 206 valence electrons. The van der Waals surface area contributed by atoms with Crippen LogP contribution in [0.3, 0.4) is 0 Å². The maximum absolute atomic E-state index is 15.0. The number of hydrogen-bond donors (Lipinski definition) is 1. The number of halogens is 3. The van der Waals surface area contributed by atoms with Crippen LogP contribution in [0, 0.1) is 12.7 Å². The molecule has 4 aromatic rings. The highest BCUT2D eigenvalue weighted by Gasteiger charge is 2.37. The Labute approximate surface area is 223 Å². The van der Waals surface area contributed by atoms with E-state index in [2.05, 4.69) is 25.3 Å². The van der Waals surface area contributed by atoms with E-state index in [9.17, 15) is 18.0 Å². The molecule has 12 heteroatoms. The summed E-state index contributed by atoms with van der Waals surface area (Å²) in [5, 5.41) is 7.13. The molecule has 1 fully saturated rings. The number of carbonyl (C=O) groups excluding carboxylic acids is 1. The van der Waals surface area contributed by atoms with Crippen LogP contribution in [0.2, 0.25) is 0 Å². The molecule has 39 heavy (non-hydrogen) atoms. The van der Waals surface area contributed by atoms with Crippen LogP contribution in [0.5, 0.6) is 0 Å². The van der Waals surface area contributed by atoms with Gasteiger partial charge in [0.15, 0.2) is 11.5 Å². The number of ether oxygens (including phenoxy) is 1. The molecule has 1 saturated heterocycles. The number of carbonyl (C=O) groups is 1. The summed E-state index contributed by atoms with van der Waals surface area (Å²) in [4.78, 5) is 23.5. The Morgan fingerprint density at radius 2 is 1.92 bits per heavy atom. The third-order valence-electron chi connectivity index (χ3n) is 6.81. The maximum Gasteiger partial charge on any atom is 0.293 e. The summed E-state index contributed by atoms with van der Waals surface area (Å²) >= 11 is 0. The number of benzene rings is 1. The highest BCUT2D eigenvalue weighted by atomic mass is 19.3. The van der Waals surface area contributed by atoms with Gasteiger partial charge in [-0.3, -0.25) is 4.79 Å². The number of aryl methyl sites for hydroxylation is 2. The number of anilines is 2. The third-order valence-corrected chi connectivity index (χ3v) is 6.81. The average molecular weight is 543 g/mol. The molecule has 9 nitrogen and oxygen atoms in total. The number of oxazole rings is 1. The summed E-state index contributed by atoms with van der Waals surface area (Å²) in [6, 6.07) is 6.70. The second kappa shape index (κ2) is 10.3. The highest BCUT2D eigenvalue weighted by molar-refractivity contribution is 6.02. The molecule has 0 unspecified atom stereocenters. The molecular formula is C27H29F3N6O3. The lowest BCUT2D eigenvalue weighted by Gasteiger charge is -2.29. The molecule has 1 aliphatic heterocycles.